The molecule has 0 radical (unpaired) electrons. The van der Waals surface area contributed by atoms with Crippen molar-refractivity contribution in [1.29, 1.82) is 0 Å². The molecule has 16 heavy (non-hydrogen) atoms. The first-order valence-corrected chi connectivity index (χ1v) is 5.38. The van der Waals surface area contributed by atoms with E-state index in [1.54, 1.807) is 7.05 Å². The van der Waals surface area contributed by atoms with E-state index in [1.807, 2.05) is 6.92 Å². The Morgan fingerprint density at radius 2 is 1.88 bits per heavy atom. The van der Waals surface area contributed by atoms with Crippen molar-refractivity contribution in [1.82, 2.24) is 5.32 Å². The van der Waals surface area contributed by atoms with E-state index >= 15 is 0 Å². The molecule has 0 spiro atoms. The van der Waals surface area contributed by atoms with Crippen molar-refractivity contribution in [3.05, 3.63) is 35.4 Å². The van der Waals surface area contributed by atoms with Crippen LogP contribution in [0.3, 0.4) is 0 Å². The molecule has 0 bridgehead atoms. The Labute approximate surface area is 94.6 Å². The maximum Gasteiger partial charge on any atom is 0.126 e. The molecule has 0 aliphatic heterocycles. The highest BCUT2D eigenvalue weighted by atomic mass is 19.1. The summed E-state index contributed by atoms with van der Waals surface area (Å²) in [6.45, 7) is 3.07. The first-order chi connectivity index (χ1) is 7.67. The predicted octanol–water partition coefficient (Wildman–Crippen LogP) is 2.65. The summed E-state index contributed by atoms with van der Waals surface area (Å²) in [5.41, 5.74) is 0.566. The smallest absolute Gasteiger partial charge is 0.126 e. The van der Waals surface area contributed by atoms with Crippen molar-refractivity contribution in [2.45, 2.75) is 19.4 Å². The summed E-state index contributed by atoms with van der Waals surface area (Å²) in [6.07, 6.45) is 0.925. The third kappa shape index (κ3) is 3.87. The van der Waals surface area contributed by atoms with Crippen molar-refractivity contribution in [3.63, 3.8) is 0 Å². The lowest BCUT2D eigenvalue weighted by Crippen LogP contribution is -2.22. The second kappa shape index (κ2) is 6.55. The molecule has 0 amide bonds. The molecule has 1 atom stereocenters. The lowest BCUT2D eigenvalue weighted by Gasteiger charge is -2.16. The normalized spacial score (nSPS) is 12.8. The molecule has 1 N–H and O–H groups in total. The quantitative estimate of drug-likeness (QED) is 0.757. The van der Waals surface area contributed by atoms with Gasteiger partial charge in [0, 0.05) is 12.7 Å². The lowest BCUT2D eigenvalue weighted by atomic mass is 10.1. The standard InChI is InChI=1S/C12H17F2NO/c1-3-4-16-8-12(15-2)9-5-10(13)7-11(14)6-9/h5-7,12,15H,3-4,8H2,1-2H3. The largest absolute Gasteiger partial charge is 0.379 e. The highest BCUT2D eigenvalue weighted by Gasteiger charge is 2.11. The number of nitrogens with one attached hydrogen (secondary N) is 1. The number of benzene rings is 1. The third-order valence-electron chi connectivity index (χ3n) is 2.27. The Hall–Kier alpha value is -1.00. The molecule has 4 heteroatoms. The molecular formula is C12H17F2NO. The number of likely N-dealkylation sites (N-methyl/N-ethyl adjacent to an activating group) is 1. The highest BCUT2D eigenvalue weighted by Crippen LogP contribution is 2.16. The van der Waals surface area contributed by atoms with Gasteiger partial charge in [-0.1, -0.05) is 6.92 Å². The van der Waals surface area contributed by atoms with Crippen molar-refractivity contribution in [2.24, 2.45) is 0 Å². The molecule has 0 aliphatic carbocycles. The second-order valence-corrected chi connectivity index (χ2v) is 3.62. The Balaban J connectivity index is 2.70. The average molecular weight is 229 g/mol. The fourth-order valence-corrected chi connectivity index (χ4v) is 1.47. The molecule has 2 nitrogen and oxygen atoms in total. The van der Waals surface area contributed by atoms with Gasteiger partial charge < -0.3 is 10.1 Å². The Morgan fingerprint density at radius 1 is 1.25 bits per heavy atom. The van der Waals surface area contributed by atoms with E-state index in [2.05, 4.69) is 5.32 Å². The lowest BCUT2D eigenvalue weighted by molar-refractivity contribution is 0.114. The van der Waals surface area contributed by atoms with Crippen LogP contribution < -0.4 is 5.32 Å². The maximum absolute atomic E-state index is 13.0. The van der Waals surface area contributed by atoms with Crippen LogP contribution in [0.25, 0.3) is 0 Å². The van der Waals surface area contributed by atoms with Gasteiger partial charge in [-0.25, -0.2) is 8.78 Å². The van der Waals surface area contributed by atoms with Gasteiger partial charge >= 0.3 is 0 Å². The van der Waals surface area contributed by atoms with E-state index in [4.69, 9.17) is 4.74 Å². The first-order valence-electron chi connectivity index (χ1n) is 5.38. The van der Waals surface area contributed by atoms with Crippen LogP contribution in [0.2, 0.25) is 0 Å². The van der Waals surface area contributed by atoms with Gasteiger partial charge in [0.15, 0.2) is 0 Å². The molecule has 0 fully saturated rings. The van der Waals surface area contributed by atoms with Gasteiger partial charge in [0.25, 0.3) is 0 Å². The number of hydrogen-bond acceptors (Lipinski definition) is 2. The van der Waals surface area contributed by atoms with Crippen LogP contribution >= 0.6 is 0 Å². The zero-order chi connectivity index (χ0) is 12.0. The average Bonchev–Trinajstić information content (AvgIpc) is 2.23. The Morgan fingerprint density at radius 3 is 2.38 bits per heavy atom. The van der Waals surface area contributed by atoms with Gasteiger partial charge in [0.2, 0.25) is 0 Å². The monoisotopic (exact) mass is 229 g/mol. The topological polar surface area (TPSA) is 21.3 Å². The van der Waals surface area contributed by atoms with Crippen LogP contribution in [0, 0.1) is 11.6 Å². The van der Waals surface area contributed by atoms with Crippen molar-refractivity contribution in [2.75, 3.05) is 20.3 Å². The van der Waals surface area contributed by atoms with Crippen molar-refractivity contribution >= 4 is 0 Å². The molecule has 0 aliphatic rings. The van der Waals surface area contributed by atoms with Crippen LogP contribution in [0.15, 0.2) is 18.2 Å². The van der Waals surface area contributed by atoms with Gasteiger partial charge in [0.1, 0.15) is 11.6 Å². The predicted molar refractivity (Wildman–Crippen MR) is 59.3 cm³/mol. The van der Waals surface area contributed by atoms with Gasteiger partial charge in [-0.15, -0.1) is 0 Å². The van der Waals surface area contributed by atoms with Crippen LogP contribution in [0.5, 0.6) is 0 Å². The Kier molecular flexibility index (Phi) is 5.35. The van der Waals surface area contributed by atoms with E-state index in [0.717, 1.165) is 12.5 Å². The number of halogens is 2. The summed E-state index contributed by atoms with van der Waals surface area (Å²) in [6, 6.07) is 3.32. The summed E-state index contributed by atoms with van der Waals surface area (Å²) in [4.78, 5) is 0. The number of ether oxygens (including phenoxy) is 1. The highest BCUT2D eigenvalue weighted by molar-refractivity contribution is 5.21. The zero-order valence-electron chi connectivity index (χ0n) is 9.59. The number of hydrogen-bond donors (Lipinski definition) is 1. The second-order valence-electron chi connectivity index (χ2n) is 3.62. The van der Waals surface area contributed by atoms with E-state index < -0.39 is 11.6 Å². The molecule has 0 heterocycles. The minimum Gasteiger partial charge on any atom is -0.379 e. The fraction of sp³-hybridized carbons (Fsp3) is 0.500. The fourth-order valence-electron chi connectivity index (χ4n) is 1.47. The molecular weight excluding hydrogens is 212 g/mol. The molecule has 1 rings (SSSR count). The van der Waals surface area contributed by atoms with Gasteiger partial charge in [-0.05, 0) is 31.2 Å². The molecule has 1 aromatic rings. The molecule has 90 valence electrons. The van der Waals surface area contributed by atoms with Crippen LogP contribution in [-0.2, 0) is 4.74 Å². The van der Waals surface area contributed by atoms with E-state index in [1.165, 1.54) is 12.1 Å². The van der Waals surface area contributed by atoms with E-state index in [9.17, 15) is 8.78 Å². The first kappa shape index (κ1) is 13.1. The molecule has 0 aromatic heterocycles. The van der Waals surface area contributed by atoms with Gasteiger partial charge in [0.05, 0.1) is 12.6 Å². The maximum atomic E-state index is 13.0. The van der Waals surface area contributed by atoms with Crippen LogP contribution in [0.4, 0.5) is 8.78 Å². The molecule has 1 unspecified atom stereocenters. The van der Waals surface area contributed by atoms with Crippen LogP contribution in [0.1, 0.15) is 24.9 Å². The number of rotatable bonds is 6. The van der Waals surface area contributed by atoms with Crippen molar-refractivity contribution in [3.8, 4) is 0 Å². The van der Waals surface area contributed by atoms with E-state index in [-0.39, 0.29) is 6.04 Å². The minimum atomic E-state index is -0.564. The minimum absolute atomic E-state index is 0.184. The third-order valence-corrected chi connectivity index (χ3v) is 2.27. The van der Waals surface area contributed by atoms with Crippen LogP contribution in [-0.4, -0.2) is 20.3 Å². The van der Waals surface area contributed by atoms with Crippen molar-refractivity contribution < 1.29 is 13.5 Å². The molecule has 0 saturated carbocycles. The van der Waals surface area contributed by atoms with Gasteiger partial charge in [-0.3, -0.25) is 0 Å². The summed E-state index contributed by atoms with van der Waals surface area (Å²) < 4.78 is 31.4. The molecule has 1 aromatic carbocycles. The summed E-state index contributed by atoms with van der Waals surface area (Å²) in [5, 5.41) is 2.97. The SMILES string of the molecule is CCCOCC(NC)c1cc(F)cc(F)c1. The summed E-state index contributed by atoms with van der Waals surface area (Å²) >= 11 is 0. The zero-order valence-corrected chi connectivity index (χ0v) is 9.59. The van der Waals surface area contributed by atoms with E-state index in [0.29, 0.717) is 18.8 Å². The Bertz CT molecular complexity index is 311. The summed E-state index contributed by atoms with van der Waals surface area (Å²) in [7, 11) is 1.74. The molecule has 0 saturated heterocycles. The van der Waals surface area contributed by atoms with Gasteiger partial charge in [-0.2, -0.15) is 0 Å². The summed E-state index contributed by atoms with van der Waals surface area (Å²) in [5.74, 6) is -1.13.